The first kappa shape index (κ1) is 11.2. The second-order valence-corrected chi connectivity index (χ2v) is 3.83. The molecule has 0 atom stereocenters. The maximum absolute atomic E-state index is 11.9. The number of hydrogen-bond acceptors (Lipinski definition) is 3. The number of carbonyl (C=O) groups excluding carboxylic acids is 1. The average molecular weight is 198 g/mol. The largest absolute Gasteiger partial charge is 0.490 e. The molecule has 1 rings (SSSR count). The van der Waals surface area contributed by atoms with Gasteiger partial charge in [0.05, 0.1) is 6.61 Å². The Kier molecular flexibility index (Phi) is 3.69. The lowest BCUT2D eigenvalue weighted by atomic mass is 10.00. The second kappa shape index (κ2) is 4.60. The van der Waals surface area contributed by atoms with E-state index in [0.717, 1.165) is 12.8 Å². The molecule has 1 heterocycles. The van der Waals surface area contributed by atoms with E-state index in [0.29, 0.717) is 19.0 Å². The predicted molar refractivity (Wildman–Crippen MR) is 54.0 cm³/mol. The lowest BCUT2D eigenvalue weighted by Crippen LogP contribution is -2.37. The first-order valence-electron chi connectivity index (χ1n) is 5.09. The summed E-state index contributed by atoms with van der Waals surface area (Å²) in [6.45, 7) is 6.60. The van der Waals surface area contributed by atoms with E-state index in [-0.39, 0.29) is 5.78 Å². The van der Waals surface area contributed by atoms with Crippen LogP contribution in [0.15, 0.2) is 11.8 Å². The number of hydrogen-bond donors (Lipinski definition) is 0. The molecule has 0 saturated heterocycles. The summed E-state index contributed by atoms with van der Waals surface area (Å²) in [6, 6.07) is 0. The fourth-order valence-electron chi connectivity index (χ4n) is 1.44. The first-order chi connectivity index (χ1) is 6.58. The van der Waals surface area contributed by atoms with E-state index < -0.39 is 5.60 Å². The Morgan fingerprint density at radius 2 is 2.36 bits per heavy atom. The van der Waals surface area contributed by atoms with Crippen LogP contribution in [0.5, 0.6) is 0 Å². The Balaban J connectivity index is 2.67. The molecule has 3 nitrogen and oxygen atoms in total. The van der Waals surface area contributed by atoms with Gasteiger partial charge in [-0.25, -0.2) is 0 Å². The van der Waals surface area contributed by atoms with Crippen LogP contribution in [0.4, 0.5) is 0 Å². The maximum atomic E-state index is 11.9. The fourth-order valence-corrected chi connectivity index (χ4v) is 1.44. The highest BCUT2D eigenvalue weighted by molar-refractivity contribution is 5.99. The minimum absolute atomic E-state index is 0.0564. The van der Waals surface area contributed by atoms with E-state index in [2.05, 4.69) is 0 Å². The van der Waals surface area contributed by atoms with E-state index in [4.69, 9.17) is 9.47 Å². The van der Waals surface area contributed by atoms with Crippen molar-refractivity contribution in [1.29, 1.82) is 0 Å². The number of ether oxygens (including phenoxy) is 2. The van der Waals surface area contributed by atoms with E-state index in [1.165, 1.54) is 0 Å². The fraction of sp³-hybridized carbons (Fsp3) is 0.727. The van der Waals surface area contributed by atoms with E-state index >= 15 is 0 Å². The van der Waals surface area contributed by atoms with Crippen molar-refractivity contribution in [3.8, 4) is 0 Å². The van der Waals surface area contributed by atoms with E-state index in [1.54, 1.807) is 13.8 Å². The zero-order chi connectivity index (χ0) is 10.6. The van der Waals surface area contributed by atoms with Crippen LogP contribution in [-0.4, -0.2) is 24.6 Å². The molecule has 1 aliphatic rings. The van der Waals surface area contributed by atoms with Gasteiger partial charge >= 0.3 is 0 Å². The highest BCUT2D eigenvalue weighted by atomic mass is 16.5. The van der Waals surface area contributed by atoms with Crippen LogP contribution in [0, 0.1) is 0 Å². The van der Waals surface area contributed by atoms with Crippen molar-refractivity contribution in [2.45, 2.75) is 39.2 Å². The van der Waals surface area contributed by atoms with Crippen LogP contribution in [-0.2, 0) is 14.3 Å². The third-order valence-electron chi connectivity index (χ3n) is 2.21. The zero-order valence-electron chi connectivity index (χ0n) is 9.13. The molecule has 14 heavy (non-hydrogen) atoms. The monoisotopic (exact) mass is 198 g/mol. The van der Waals surface area contributed by atoms with Gasteiger partial charge in [-0.2, -0.15) is 0 Å². The third-order valence-corrected chi connectivity index (χ3v) is 2.21. The Bertz CT molecular complexity index is 241. The van der Waals surface area contributed by atoms with Crippen molar-refractivity contribution in [2.24, 2.45) is 0 Å². The molecule has 0 bridgehead atoms. The number of Topliss-reactive ketones (excluding diaryl/α,β-unsaturated/α-hetero) is 1. The van der Waals surface area contributed by atoms with Crippen molar-refractivity contribution in [3.63, 3.8) is 0 Å². The van der Waals surface area contributed by atoms with Crippen molar-refractivity contribution in [1.82, 2.24) is 0 Å². The summed E-state index contributed by atoms with van der Waals surface area (Å²) in [4.78, 5) is 11.9. The summed E-state index contributed by atoms with van der Waals surface area (Å²) >= 11 is 0. The Hall–Kier alpha value is -0.830. The van der Waals surface area contributed by atoms with Gasteiger partial charge < -0.3 is 9.47 Å². The zero-order valence-corrected chi connectivity index (χ0v) is 9.13. The lowest BCUT2D eigenvalue weighted by Gasteiger charge is -2.25. The van der Waals surface area contributed by atoms with Crippen LogP contribution in [0.3, 0.4) is 0 Å². The van der Waals surface area contributed by atoms with Crippen molar-refractivity contribution in [3.05, 3.63) is 11.8 Å². The first-order valence-corrected chi connectivity index (χ1v) is 5.09. The second-order valence-electron chi connectivity index (χ2n) is 3.83. The molecular weight excluding hydrogens is 180 g/mol. The van der Waals surface area contributed by atoms with Crippen LogP contribution >= 0.6 is 0 Å². The Labute approximate surface area is 85.1 Å². The minimum atomic E-state index is -0.766. The minimum Gasteiger partial charge on any atom is -0.490 e. The molecule has 0 radical (unpaired) electrons. The highest BCUT2D eigenvalue weighted by Crippen LogP contribution is 2.20. The standard InChI is InChI=1S/C11H18O3/c1-4-14-11(2,3)10(12)9-7-5-6-8-13-9/h7H,4-6,8H2,1-3H3. The van der Waals surface area contributed by atoms with E-state index in [9.17, 15) is 4.79 Å². The van der Waals surface area contributed by atoms with Gasteiger partial charge in [0.2, 0.25) is 5.78 Å². The molecule has 0 spiro atoms. The van der Waals surface area contributed by atoms with Gasteiger partial charge in [0.25, 0.3) is 0 Å². The molecule has 1 aliphatic heterocycles. The van der Waals surface area contributed by atoms with Gasteiger partial charge in [0.15, 0.2) is 5.76 Å². The van der Waals surface area contributed by atoms with Gasteiger partial charge in [0.1, 0.15) is 5.60 Å². The molecule has 80 valence electrons. The van der Waals surface area contributed by atoms with E-state index in [1.807, 2.05) is 13.0 Å². The molecule has 0 aliphatic carbocycles. The normalized spacial score (nSPS) is 17.2. The molecule has 3 heteroatoms. The van der Waals surface area contributed by atoms with Gasteiger partial charge in [-0.3, -0.25) is 4.79 Å². The molecule has 0 aromatic carbocycles. The Morgan fingerprint density at radius 3 is 2.86 bits per heavy atom. The number of rotatable bonds is 4. The molecule has 0 amide bonds. The average Bonchev–Trinajstić information content (AvgIpc) is 2.18. The summed E-state index contributed by atoms with van der Waals surface area (Å²) in [7, 11) is 0. The van der Waals surface area contributed by atoms with Crippen LogP contribution in [0.25, 0.3) is 0 Å². The van der Waals surface area contributed by atoms with Crippen molar-refractivity contribution < 1.29 is 14.3 Å². The third kappa shape index (κ3) is 2.58. The van der Waals surface area contributed by atoms with Gasteiger partial charge in [0, 0.05) is 6.61 Å². The summed E-state index contributed by atoms with van der Waals surface area (Å²) in [5.41, 5.74) is -0.766. The molecular formula is C11H18O3. The molecule has 0 fully saturated rings. The predicted octanol–water partition coefficient (Wildman–Crippen LogP) is 2.06. The smallest absolute Gasteiger partial charge is 0.228 e. The quantitative estimate of drug-likeness (QED) is 0.693. The lowest BCUT2D eigenvalue weighted by molar-refractivity contribution is -0.139. The summed E-state index contributed by atoms with van der Waals surface area (Å²) in [5, 5.41) is 0. The van der Waals surface area contributed by atoms with Gasteiger partial charge in [-0.1, -0.05) is 0 Å². The van der Waals surface area contributed by atoms with Crippen LogP contribution in [0.1, 0.15) is 33.6 Å². The highest BCUT2D eigenvalue weighted by Gasteiger charge is 2.32. The van der Waals surface area contributed by atoms with Crippen molar-refractivity contribution >= 4 is 5.78 Å². The molecule has 0 aromatic rings. The number of carbonyl (C=O) groups is 1. The topological polar surface area (TPSA) is 35.5 Å². The summed E-state index contributed by atoms with van der Waals surface area (Å²) in [5.74, 6) is 0.411. The number of ketones is 1. The maximum Gasteiger partial charge on any atom is 0.228 e. The summed E-state index contributed by atoms with van der Waals surface area (Å²) in [6.07, 6.45) is 3.77. The molecule has 0 N–H and O–H groups in total. The molecule has 0 saturated carbocycles. The van der Waals surface area contributed by atoms with Gasteiger partial charge in [-0.05, 0) is 39.7 Å². The van der Waals surface area contributed by atoms with Crippen LogP contribution < -0.4 is 0 Å². The molecule has 0 aromatic heterocycles. The number of allylic oxidation sites excluding steroid dienone is 1. The molecule has 0 unspecified atom stereocenters. The summed E-state index contributed by atoms with van der Waals surface area (Å²) < 4.78 is 10.7. The SMILES string of the molecule is CCOC(C)(C)C(=O)C1=CCCCO1. The van der Waals surface area contributed by atoms with Crippen molar-refractivity contribution in [2.75, 3.05) is 13.2 Å². The Morgan fingerprint density at radius 1 is 1.64 bits per heavy atom. The van der Waals surface area contributed by atoms with Gasteiger partial charge in [-0.15, -0.1) is 0 Å². The van der Waals surface area contributed by atoms with Crippen LogP contribution in [0.2, 0.25) is 0 Å².